The number of ether oxygens (including phenoxy) is 2. The summed E-state index contributed by atoms with van der Waals surface area (Å²) in [6.07, 6.45) is 3.69. The molecule has 25 heavy (non-hydrogen) atoms. The van der Waals surface area contributed by atoms with Crippen LogP contribution in [-0.4, -0.2) is 29.8 Å². The van der Waals surface area contributed by atoms with Gasteiger partial charge in [0.05, 0.1) is 0 Å². The smallest absolute Gasteiger partial charge is 0.408 e. The second-order valence-electron chi connectivity index (χ2n) is 7.34. The Kier molecular flexibility index (Phi) is 7.10. The van der Waals surface area contributed by atoms with Crippen LogP contribution in [0.2, 0.25) is 0 Å². The molecule has 1 amide bonds. The fraction of sp³-hybridized carbons (Fsp3) is 0.579. The van der Waals surface area contributed by atoms with Crippen molar-refractivity contribution in [1.82, 2.24) is 5.32 Å². The third-order valence-corrected chi connectivity index (χ3v) is 4.99. The van der Waals surface area contributed by atoms with E-state index in [9.17, 15) is 9.59 Å². The van der Waals surface area contributed by atoms with E-state index in [1.54, 1.807) is 20.8 Å². The molecule has 1 fully saturated rings. The summed E-state index contributed by atoms with van der Waals surface area (Å²) >= 11 is 2.23. The molecule has 1 saturated carbocycles. The number of hydrogen-bond donors (Lipinski definition) is 1. The first-order valence-electron chi connectivity index (χ1n) is 8.68. The van der Waals surface area contributed by atoms with Gasteiger partial charge in [0.15, 0.2) is 0 Å². The van der Waals surface area contributed by atoms with Crippen molar-refractivity contribution in [2.45, 2.75) is 70.6 Å². The van der Waals surface area contributed by atoms with Crippen LogP contribution in [0.15, 0.2) is 24.3 Å². The number of carbonyl (C=O) groups excluding carboxylic acids is 2. The maximum absolute atomic E-state index is 12.6. The van der Waals surface area contributed by atoms with Crippen LogP contribution in [0.25, 0.3) is 0 Å². The number of carbonyl (C=O) groups is 2. The number of hydrogen-bond acceptors (Lipinski definition) is 4. The average Bonchev–Trinajstić information content (AvgIpc) is 2.99. The molecule has 2 rings (SSSR count). The van der Waals surface area contributed by atoms with Crippen molar-refractivity contribution in [2.75, 3.05) is 0 Å². The monoisotopic (exact) mass is 459 g/mol. The van der Waals surface area contributed by atoms with Crippen molar-refractivity contribution in [2.24, 2.45) is 0 Å². The summed E-state index contributed by atoms with van der Waals surface area (Å²) in [6, 6.07) is 7.03. The van der Waals surface area contributed by atoms with E-state index in [-0.39, 0.29) is 6.10 Å². The van der Waals surface area contributed by atoms with E-state index in [1.165, 1.54) is 0 Å². The van der Waals surface area contributed by atoms with Crippen LogP contribution < -0.4 is 5.32 Å². The summed E-state index contributed by atoms with van der Waals surface area (Å²) < 4.78 is 11.9. The van der Waals surface area contributed by atoms with Gasteiger partial charge in [-0.1, -0.05) is 18.2 Å². The molecule has 0 radical (unpaired) electrons. The minimum absolute atomic E-state index is 0.0368. The van der Waals surface area contributed by atoms with E-state index in [2.05, 4.69) is 27.9 Å². The van der Waals surface area contributed by atoms with Crippen LogP contribution in [0, 0.1) is 3.57 Å². The van der Waals surface area contributed by atoms with Crippen molar-refractivity contribution in [3.8, 4) is 0 Å². The van der Waals surface area contributed by atoms with E-state index in [0.29, 0.717) is 6.42 Å². The summed E-state index contributed by atoms with van der Waals surface area (Å²) in [5.41, 5.74) is 0.373. The lowest BCUT2D eigenvalue weighted by Gasteiger charge is -2.24. The van der Waals surface area contributed by atoms with Gasteiger partial charge in [-0.15, -0.1) is 0 Å². The van der Waals surface area contributed by atoms with Crippen LogP contribution in [0.4, 0.5) is 4.79 Å². The number of nitrogens with one attached hydrogen (secondary N) is 1. The molecule has 0 saturated heterocycles. The van der Waals surface area contributed by atoms with Crippen molar-refractivity contribution in [3.05, 3.63) is 33.4 Å². The second-order valence-corrected chi connectivity index (χ2v) is 8.50. The Labute approximate surface area is 163 Å². The molecule has 138 valence electrons. The van der Waals surface area contributed by atoms with E-state index in [0.717, 1.165) is 34.8 Å². The fourth-order valence-corrected chi connectivity index (χ4v) is 3.39. The van der Waals surface area contributed by atoms with Gasteiger partial charge >= 0.3 is 12.1 Å². The molecule has 0 aliphatic heterocycles. The maximum Gasteiger partial charge on any atom is 0.408 e. The largest absolute Gasteiger partial charge is 0.461 e. The number of esters is 1. The lowest BCUT2D eigenvalue weighted by Crippen LogP contribution is -2.46. The number of halogens is 1. The molecular weight excluding hydrogens is 433 g/mol. The molecule has 1 aliphatic rings. The average molecular weight is 459 g/mol. The second kappa shape index (κ2) is 8.87. The Morgan fingerprint density at radius 3 is 2.48 bits per heavy atom. The summed E-state index contributed by atoms with van der Waals surface area (Å²) in [6.45, 7) is 5.37. The zero-order valence-electron chi connectivity index (χ0n) is 15.0. The molecule has 1 aromatic rings. The first kappa shape index (κ1) is 20.0. The molecule has 1 N–H and O–H groups in total. The Morgan fingerprint density at radius 1 is 1.24 bits per heavy atom. The number of benzene rings is 1. The first-order valence-corrected chi connectivity index (χ1v) is 9.76. The van der Waals surface area contributed by atoms with Gasteiger partial charge in [-0.05, 0) is 80.7 Å². The van der Waals surface area contributed by atoms with Gasteiger partial charge in [0.1, 0.15) is 17.7 Å². The van der Waals surface area contributed by atoms with E-state index < -0.39 is 23.7 Å². The van der Waals surface area contributed by atoms with Gasteiger partial charge in [0, 0.05) is 9.99 Å². The maximum atomic E-state index is 12.6. The van der Waals surface area contributed by atoms with Crippen LogP contribution in [0.1, 0.15) is 52.0 Å². The summed E-state index contributed by atoms with van der Waals surface area (Å²) in [7, 11) is 0. The predicted octanol–water partition coefficient (Wildman–Crippen LogP) is 4.21. The quantitative estimate of drug-likeness (QED) is 0.529. The van der Waals surface area contributed by atoms with E-state index in [4.69, 9.17) is 9.47 Å². The minimum atomic E-state index is -0.758. The molecule has 1 aromatic carbocycles. The normalized spacial score (nSPS) is 16.3. The highest BCUT2D eigenvalue weighted by Gasteiger charge is 2.29. The highest BCUT2D eigenvalue weighted by molar-refractivity contribution is 14.1. The van der Waals surface area contributed by atoms with Crippen LogP contribution in [0.5, 0.6) is 0 Å². The van der Waals surface area contributed by atoms with Crippen LogP contribution >= 0.6 is 22.6 Å². The molecule has 0 heterocycles. The SMILES string of the molecule is CC(C)(C)OC(=O)N[C@@H](Cc1ccccc1I)C(=O)OC1CCCC1. The lowest BCUT2D eigenvalue weighted by molar-refractivity contribution is -0.151. The molecular formula is C19H26INO4. The first-order chi connectivity index (χ1) is 11.7. The Balaban J connectivity index is 2.08. The topological polar surface area (TPSA) is 64.6 Å². The van der Waals surface area contributed by atoms with E-state index >= 15 is 0 Å². The predicted molar refractivity (Wildman–Crippen MR) is 104 cm³/mol. The van der Waals surface area contributed by atoms with Crippen LogP contribution in [0.3, 0.4) is 0 Å². The van der Waals surface area contributed by atoms with Crippen molar-refractivity contribution < 1.29 is 19.1 Å². The van der Waals surface area contributed by atoms with Crippen LogP contribution in [-0.2, 0) is 20.7 Å². The van der Waals surface area contributed by atoms with Gasteiger partial charge in [0.25, 0.3) is 0 Å². The highest BCUT2D eigenvalue weighted by atomic mass is 127. The highest BCUT2D eigenvalue weighted by Crippen LogP contribution is 2.22. The summed E-state index contributed by atoms with van der Waals surface area (Å²) in [5.74, 6) is -0.391. The van der Waals surface area contributed by atoms with Gasteiger partial charge in [-0.2, -0.15) is 0 Å². The molecule has 5 nitrogen and oxygen atoms in total. The molecule has 0 unspecified atom stereocenters. The summed E-state index contributed by atoms with van der Waals surface area (Å²) in [4.78, 5) is 24.8. The van der Waals surface area contributed by atoms with E-state index in [1.807, 2.05) is 24.3 Å². The fourth-order valence-electron chi connectivity index (χ4n) is 2.78. The number of amides is 1. The minimum Gasteiger partial charge on any atom is -0.461 e. The summed E-state index contributed by atoms with van der Waals surface area (Å²) in [5, 5.41) is 2.68. The number of rotatable bonds is 5. The zero-order chi connectivity index (χ0) is 18.4. The van der Waals surface area contributed by atoms with Crippen molar-refractivity contribution >= 4 is 34.7 Å². The molecule has 0 bridgehead atoms. The lowest BCUT2D eigenvalue weighted by atomic mass is 10.1. The zero-order valence-corrected chi connectivity index (χ0v) is 17.2. The number of alkyl carbamates (subject to hydrolysis) is 1. The molecule has 0 aromatic heterocycles. The Bertz CT molecular complexity index is 606. The molecule has 6 heteroatoms. The molecule has 1 atom stereocenters. The Morgan fingerprint density at radius 2 is 1.88 bits per heavy atom. The molecule has 0 spiro atoms. The van der Waals surface area contributed by atoms with Gasteiger partial charge in [-0.25, -0.2) is 9.59 Å². The van der Waals surface area contributed by atoms with Gasteiger partial charge in [0.2, 0.25) is 0 Å². The van der Waals surface area contributed by atoms with Gasteiger partial charge in [-0.3, -0.25) is 0 Å². The Hall–Kier alpha value is -1.31. The third kappa shape index (κ3) is 6.84. The van der Waals surface area contributed by atoms with Crippen molar-refractivity contribution in [3.63, 3.8) is 0 Å². The standard InChI is InChI=1S/C19H26INO4/c1-19(2,3)25-18(23)21-16(12-13-8-4-7-11-15(13)20)17(22)24-14-9-5-6-10-14/h4,7-8,11,14,16H,5-6,9-10,12H2,1-3H3,(H,21,23)/t16-/m0/s1. The third-order valence-electron chi connectivity index (χ3n) is 3.94. The van der Waals surface area contributed by atoms with Crippen molar-refractivity contribution in [1.29, 1.82) is 0 Å². The van der Waals surface area contributed by atoms with Gasteiger partial charge < -0.3 is 14.8 Å². The molecule has 1 aliphatic carbocycles.